The van der Waals surface area contributed by atoms with Crippen LogP contribution in [-0.4, -0.2) is 14.6 Å². The summed E-state index contributed by atoms with van der Waals surface area (Å²) in [6.45, 7) is 0. The number of pyridine rings is 1. The van der Waals surface area contributed by atoms with Gasteiger partial charge in [-0.1, -0.05) is 18.2 Å². The Kier molecular flexibility index (Phi) is 1.28. The highest BCUT2D eigenvalue weighted by molar-refractivity contribution is 6.01. The number of benzene rings is 1. The number of hydrogen-bond donors (Lipinski definition) is 1. The number of nitrogen functional groups attached to an aromatic ring is 1. The molecule has 1 aromatic carbocycles. The lowest BCUT2D eigenvalue weighted by molar-refractivity contribution is 1.04. The van der Waals surface area contributed by atoms with Crippen LogP contribution < -0.4 is 5.84 Å². The Hall–Kier alpha value is -2.10. The van der Waals surface area contributed by atoms with Crippen molar-refractivity contribution in [3.8, 4) is 0 Å². The van der Waals surface area contributed by atoms with Gasteiger partial charge >= 0.3 is 0 Å². The van der Waals surface area contributed by atoms with Crippen molar-refractivity contribution in [2.45, 2.75) is 0 Å². The van der Waals surface area contributed by atoms with E-state index < -0.39 is 0 Å². The van der Waals surface area contributed by atoms with E-state index in [4.69, 9.17) is 5.84 Å². The molecule has 68 valence electrons. The van der Waals surface area contributed by atoms with Crippen LogP contribution in [0.15, 0.2) is 36.8 Å². The van der Waals surface area contributed by atoms with E-state index in [1.165, 1.54) is 4.68 Å². The topological polar surface area (TPSA) is 56.7 Å². The van der Waals surface area contributed by atoms with Crippen LogP contribution in [0.3, 0.4) is 0 Å². The number of aromatic nitrogens is 3. The summed E-state index contributed by atoms with van der Waals surface area (Å²) in [7, 11) is 0. The van der Waals surface area contributed by atoms with Gasteiger partial charge in [-0.25, -0.2) is 9.66 Å². The second-order valence-corrected chi connectivity index (χ2v) is 3.16. The molecule has 14 heavy (non-hydrogen) atoms. The van der Waals surface area contributed by atoms with Gasteiger partial charge in [-0.05, 0) is 6.07 Å². The van der Waals surface area contributed by atoms with Gasteiger partial charge in [-0.15, -0.1) is 0 Å². The van der Waals surface area contributed by atoms with Gasteiger partial charge in [0, 0.05) is 5.39 Å². The Labute approximate surface area is 80.0 Å². The summed E-state index contributed by atoms with van der Waals surface area (Å²) in [6, 6.07) is 7.88. The van der Waals surface area contributed by atoms with E-state index in [1.807, 2.05) is 24.3 Å². The molecule has 3 rings (SSSR count). The summed E-state index contributed by atoms with van der Waals surface area (Å²) >= 11 is 0. The summed E-state index contributed by atoms with van der Waals surface area (Å²) in [6.07, 6.45) is 3.33. The Bertz CT molecular complexity index is 612. The van der Waals surface area contributed by atoms with Crippen LogP contribution in [0.1, 0.15) is 0 Å². The largest absolute Gasteiger partial charge is 0.338 e. The monoisotopic (exact) mass is 184 g/mol. The number of rotatable bonds is 0. The molecular weight excluding hydrogens is 176 g/mol. The lowest BCUT2D eigenvalue weighted by atomic mass is 10.2. The van der Waals surface area contributed by atoms with Crippen LogP contribution in [0.5, 0.6) is 0 Å². The highest BCUT2D eigenvalue weighted by Gasteiger charge is 2.05. The van der Waals surface area contributed by atoms with Crippen molar-refractivity contribution in [3.63, 3.8) is 0 Å². The molecule has 2 aromatic heterocycles. The fourth-order valence-electron chi connectivity index (χ4n) is 1.66. The summed E-state index contributed by atoms with van der Waals surface area (Å²) in [5, 5.41) is 1.03. The first-order valence-electron chi connectivity index (χ1n) is 4.32. The maximum absolute atomic E-state index is 5.77. The Morgan fingerprint density at radius 2 is 1.93 bits per heavy atom. The summed E-state index contributed by atoms with van der Waals surface area (Å²) < 4.78 is 1.53. The van der Waals surface area contributed by atoms with E-state index in [0.29, 0.717) is 0 Å². The Morgan fingerprint density at radius 1 is 1.07 bits per heavy atom. The van der Waals surface area contributed by atoms with Crippen molar-refractivity contribution in [1.82, 2.24) is 14.6 Å². The van der Waals surface area contributed by atoms with E-state index in [1.54, 1.807) is 12.5 Å². The minimum Gasteiger partial charge on any atom is -0.338 e. The van der Waals surface area contributed by atoms with Crippen molar-refractivity contribution in [2.75, 3.05) is 5.84 Å². The normalized spacial score (nSPS) is 11.1. The number of nitrogens with two attached hydrogens (primary N) is 1. The molecule has 0 aliphatic heterocycles. The van der Waals surface area contributed by atoms with Crippen molar-refractivity contribution in [2.24, 2.45) is 0 Å². The molecule has 0 bridgehead atoms. The van der Waals surface area contributed by atoms with Gasteiger partial charge in [0.2, 0.25) is 0 Å². The Balaban J connectivity index is 2.65. The zero-order chi connectivity index (χ0) is 9.54. The molecule has 0 saturated carbocycles. The minimum atomic E-state index is 0.825. The van der Waals surface area contributed by atoms with Crippen LogP contribution in [0.4, 0.5) is 0 Å². The molecule has 0 atom stereocenters. The molecule has 0 radical (unpaired) electrons. The van der Waals surface area contributed by atoms with Crippen molar-refractivity contribution in [3.05, 3.63) is 36.8 Å². The van der Waals surface area contributed by atoms with Gasteiger partial charge in [0.1, 0.15) is 17.4 Å². The van der Waals surface area contributed by atoms with Crippen LogP contribution in [0, 0.1) is 0 Å². The van der Waals surface area contributed by atoms with Gasteiger partial charge in [0.15, 0.2) is 0 Å². The fourth-order valence-corrected chi connectivity index (χ4v) is 1.66. The second kappa shape index (κ2) is 2.45. The molecule has 0 fully saturated rings. The van der Waals surface area contributed by atoms with Crippen LogP contribution in [-0.2, 0) is 0 Å². The second-order valence-electron chi connectivity index (χ2n) is 3.16. The molecule has 0 unspecified atom stereocenters. The number of para-hydroxylation sites is 1. The van der Waals surface area contributed by atoms with E-state index in [2.05, 4.69) is 9.97 Å². The fraction of sp³-hybridized carbons (Fsp3) is 0. The summed E-state index contributed by atoms with van der Waals surface area (Å²) in [5.74, 6) is 5.77. The van der Waals surface area contributed by atoms with Crippen molar-refractivity contribution < 1.29 is 0 Å². The minimum absolute atomic E-state index is 0.825. The van der Waals surface area contributed by atoms with Crippen molar-refractivity contribution in [1.29, 1.82) is 0 Å². The third kappa shape index (κ3) is 0.821. The molecule has 2 heterocycles. The van der Waals surface area contributed by atoms with Gasteiger partial charge in [-0.2, -0.15) is 0 Å². The molecule has 4 heteroatoms. The first-order chi connectivity index (χ1) is 6.86. The van der Waals surface area contributed by atoms with E-state index in [-0.39, 0.29) is 0 Å². The van der Waals surface area contributed by atoms with E-state index in [9.17, 15) is 0 Å². The number of hydrogen-bond acceptors (Lipinski definition) is 3. The third-order valence-electron chi connectivity index (χ3n) is 2.31. The molecule has 0 aliphatic carbocycles. The SMILES string of the molecule is Nn1cnc2cnc3ccccc3c21. The molecule has 0 aliphatic rings. The lowest BCUT2D eigenvalue weighted by Crippen LogP contribution is -2.05. The van der Waals surface area contributed by atoms with Crippen LogP contribution in [0.25, 0.3) is 21.9 Å². The van der Waals surface area contributed by atoms with Crippen LogP contribution >= 0.6 is 0 Å². The van der Waals surface area contributed by atoms with Gasteiger partial charge in [-0.3, -0.25) is 4.98 Å². The van der Waals surface area contributed by atoms with E-state index in [0.717, 1.165) is 21.9 Å². The third-order valence-corrected chi connectivity index (χ3v) is 2.31. The predicted octanol–water partition coefficient (Wildman–Crippen LogP) is 1.30. The van der Waals surface area contributed by atoms with Crippen molar-refractivity contribution >= 4 is 21.9 Å². The smallest absolute Gasteiger partial charge is 0.115 e. The number of nitrogens with zero attached hydrogens (tertiary/aromatic N) is 3. The molecule has 0 saturated heterocycles. The average molecular weight is 184 g/mol. The predicted molar refractivity (Wildman–Crippen MR) is 55.2 cm³/mol. The highest BCUT2D eigenvalue weighted by Crippen LogP contribution is 2.20. The molecule has 0 spiro atoms. The highest BCUT2D eigenvalue weighted by atomic mass is 15.3. The Morgan fingerprint density at radius 3 is 2.86 bits per heavy atom. The maximum atomic E-state index is 5.77. The quantitative estimate of drug-likeness (QED) is 0.536. The molecule has 3 aromatic rings. The summed E-state index contributed by atoms with van der Waals surface area (Å²) in [4.78, 5) is 8.44. The standard InChI is InChI=1S/C10H8N4/c11-14-6-13-9-5-12-8-4-2-1-3-7(8)10(9)14/h1-6H,11H2. The average Bonchev–Trinajstić information content (AvgIpc) is 2.61. The summed E-state index contributed by atoms with van der Waals surface area (Å²) in [5.41, 5.74) is 2.69. The number of imidazole rings is 1. The first-order valence-corrected chi connectivity index (χ1v) is 4.32. The van der Waals surface area contributed by atoms with E-state index >= 15 is 0 Å². The molecular formula is C10H8N4. The maximum Gasteiger partial charge on any atom is 0.115 e. The zero-order valence-electron chi connectivity index (χ0n) is 7.38. The van der Waals surface area contributed by atoms with Gasteiger partial charge in [0.05, 0.1) is 11.7 Å². The van der Waals surface area contributed by atoms with Gasteiger partial charge in [0.25, 0.3) is 0 Å². The number of fused-ring (bicyclic) bond motifs is 3. The zero-order valence-corrected chi connectivity index (χ0v) is 7.38. The lowest BCUT2D eigenvalue weighted by Gasteiger charge is -1.99. The molecule has 0 amide bonds. The molecule has 4 nitrogen and oxygen atoms in total. The van der Waals surface area contributed by atoms with Crippen LogP contribution in [0.2, 0.25) is 0 Å². The molecule has 2 N–H and O–H groups in total. The first kappa shape index (κ1) is 7.32. The van der Waals surface area contributed by atoms with Gasteiger partial charge < -0.3 is 5.84 Å².